The van der Waals surface area contributed by atoms with E-state index in [-0.39, 0.29) is 23.4 Å². The van der Waals surface area contributed by atoms with Gasteiger partial charge in [0.25, 0.3) is 5.91 Å². The Morgan fingerprint density at radius 3 is 2.65 bits per heavy atom. The second-order valence-electron chi connectivity index (χ2n) is 6.03. The van der Waals surface area contributed by atoms with E-state index in [0.29, 0.717) is 5.13 Å². The summed E-state index contributed by atoms with van der Waals surface area (Å²) >= 11 is 1.33. The van der Waals surface area contributed by atoms with Gasteiger partial charge in [0.05, 0.1) is 12.2 Å². The molecule has 0 saturated carbocycles. The standard InChI is InChI=1S/C16H18FN3O2S/c1-16(2,3)12-9-23-15(19-12)20-13(21)8-18-14(22)10-5-4-6-11(17)7-10/h4-7,9H,8H2,1-3H3,(H,18,22)(H,19,20,21). The Bertz CT molecular complexity index is 722. The summed E-state index contributed by atoms with van der Waals surface area (Å²) < 4.78 is 13.0. The van der Waals surface area contributed by atoms with Crippen molar-refractivity contribution in [2.45, 2.75) is 26.2 Å². The second kappa shape index (κ2) is 6.87. The zero-order chi connectivity index (χ0) is 17.0. The van der Waals surface area contributed by atoms with Crippen LogP contribution in [0.5, 0.6) is 0 Å². The Labute approximate surface area is 137 Å². The molecule has 0 aliphatic carbocycles. The van der Waals surface area contributed by atoms with Crippen molar-refractivity contribution in [1.29, 1.82) is 0 Å². The van der Waals surface area contributed by atoms with Crippen molar-refractivity contribution in [2.24, 2.45) is 0 Å². The van der Waals surface area contributed by atoms with Gasteiger partial charge in [0, 0.05) is 16.4 Å². The molecular formula is C16H18FN3O2S. The average molecular weight is 335 g/mol. The number of nitrogens with one attached hydrogen (secondary N) is 2. The highest BCUT2D eigenvalue weighted by atomic mass is 32.1. The van der Waals surface area contributed by atoms with Gasteiger partial charge in [0.2, 0.25) is 5.91 Å². The van der Waals surface area contributed by atoms with E-state index >= 15 is 0 Å². The predicted molar refractivity (Wildman–Crippen MR) is 88.2 cm³/mol. The van der Waals surface area contributed by atoms with Crippen LogP contribution in [0.25, 0.3) is 0 Å². The molecule has 0 aliphatic heterocycles. The fraction of sp³-hybridized carbons (Fsp3) is 0.312. The van der Waals surface area contributed by atoms with Crippen molar-refractivity contribution in [3.63, 3.8) is 0 Å². The number of rotatable bonds is 4. The second-order valence-corrected chi connectivity index (χ2v) is 6.89. The molecule has 0 fully saturated rings. The Morgan fingerprint density at radius 1 is 1.30 bits per heavy atom. The van der Waals surface area contributed by atoms with Crippen LogP contribution in [0.2, 0.25) is 0 Å². The van der Waals surface area contributed by atoms with E-state index in [9.17, 15) is 14.0 Å². The Balaban J connectivity index is 1.88. The molecule has 0 radical (unpaired) electrons. The van der Waals surface area contributed by atoms with E-state index in [1.807, 2.05) is 26.2 Å². The van der Waals surface area contributed by atoms with Gasteiger partial charge in [0.1, 0.15) is 5.82 Å². The van der Waals surface area contributed by atoms with Gasteiger partial charge < -0.3 is 10.6 Å². The van der Waals surface area contributed by atoms with Crippen LogP contribution >= 0.6 is 11.3 Å². The molecule has 0 bridgehead atoms. The van der Waals surface area contributed by atoms with Crippen LogP contribution < -0.4 is 10.6 Å². The van der Waals surface area contributed by atoms with Crippen LogP contribution in [-0.2, 0) is 10.2 Å². The third-order valence-corrected chi connectivity index (χ3v) is 3.77. The van der Waals surface area contributed by atoms with Crippen LogP contribution in [-0.4, -0.2) is 23.3 Å². The minimum absolute atomic E-state index is 0.0922. The number of amides is 2. The third-order valence-electron chi connectivity index (χ3n) is 3.02. The molecule has 1 heterocycles. The Morgan fingerprint density at radius 2 is 2.04 bits per heavy atom. The number of carbonyl (C=O) groups excluding carboxylic acids is 2. The molecule has 0 saturated heterocycles. The first-order valence-corrected chi connectivity index (χ1v) is 7.93. The van der Waals surface area contributed by atoms with Gasteiger partial charge in [-0.25, -0.2) is 9.37 Å². The summed E-state index contributed by atoms with van der Waals surface area (Å²) in [6.07, 6.45) is 0. The number of thiazole rings is 1. The quantitative estimate of drug-likeness (QED) is 0.902. The van der Waals surface area contributed by atoms with Gasteiger partial charge in [-0.05, 0) is 18.2 Å². The lowest BCUT2D eigenvalue weighted by Crippen LogP contribution is -2.32. The number of halogens is 1. The summed E-state index contributed by atoms with van der Waals surface area (Å²) in [6.45, 7) is 5.90. The molecular weight excluding hydrogens is 317 g/mol. The van der Waals surface area contributed by atoms with Crippen molar-refractivity contribution in [2.75, 3.05) is 11.9 Å². The lowest BCUT2D eigenvalue weighted by molar-refractivity contribution is -0.115. The van der Waals surface area contributed by atoms with E-state index in [1.165, 1.54) is 29.5 Å². The van der Waals surface area contributed by atoms with E-state index in [2.05, 4.69) is 15.6 Å². The van der Waals surface area contributed by atoms with Gasteiger partial charge in [-0.15, -0.1) is 11.3 Å². The Hall–Kier alpha value is -2.28. The molecule has 1 aromatic carbocycles. The number of hydrogen-bond acceptors (Lipinski definition) is 4. The highest BCUT2D eigenvalue weighted by molar-refractivity contribution is 7.13. The summed E-state index contributed by atoms with van der Waals surface area (Å²) in [4.78, 5) is 28.0. The molecule has 0 atom stereocenters. The minimum Gasteiger partial charge on any atom is -0.343 e. The molecule has 7 heteroatoms. The van der Waals surface area contributed by atoms with Crippen LogP contribution in [0.3, 0.4) is 0 Å². The van der Waals surface area contributed by atoms with Gasteiger partial charge in [0.15, 0.2) is 5.13 Å². The first kappa shape index (κ1) is 17.1. The summed E-state index contributed by atoms with van der Waals surface area (Å²) in [6, 6.07) is 5.28. The van der Waals surface area contributed by atoms with Crippen molar-refractivity contribution >= 4 is 28.3 Å². The molecule has 2 aromatic rings. The highest BCUT2D eigenvalue weighted by Gasteiger charge is 2.18. The number of aromatic nitrogens is 1. The fourth-order valence-electron chi connectivity index (χ4n) is 1.73. The van der Waals surface area contributed by atoms with E-state index < -0.39 is 11.7 Å². The van der Waals surface area contributed by atoms with Crippen molar-refractivity contribution in [1.82, 2.24) is 10.3 Å². The number of nitrogens with zero attached hydrogens (tertiary/aromatic N) is 1. The predicted octanol–water partition coefficient (Wildman–Crippen LogP) is 2.95. The van der Waals surface area contributed by atoms with Crippen LogP contribution in [0.1, 0.15) is 36.8 Å². The van der Waals surface area contributed by atoms with E-state index in [4.69, 9.17) is 0 Å². The first-order chi connectivity index (χ1) is 10.8. The van der Waals surface area contributed by atoms with E-state index in [1.54, 1.807) is 0 Å². The Kier molecular flexibility index (Phi) is 5.10. The number of benzene rings is 1. The number of hydrogen-bond donors (Lipinski definition) is 2. The lowest BCUT2D eigenvalue weighted by atomic mass is 9.93. The van der Waals surface area contributed by atoms with Crippen molar-refractivity contribution < 1.29 is 14.0 Å². The minimum atomic E-state index is -0.505. The molecule has 5 nitrogen and oxygen atoms in total. The monoisotopic (exact) mass is 335 g/mol. The maximum atomic E-state index is 13.0. The fourth-order valence-corrected chi connectivity index (χ4v) is 2.68. The number of anilines is 1. The maximum Gasteiger partial charge on any atom is 0.251 e. The van der Waals surface area contributed by atoms with Gasteiger partial charge in [-0.1, -0.05) is 26.8 Å². The van der Waals surface area contributed by atoms with Crippen LogP contribution in [0, 0.1) is 5.82 Å². The molecule has 0 aliphatic rings. The van der Waals surface area contributed by atoms with Gasteiger partial charge in [-0.3, -0.25) is 9.59 Å². The smallest absolute Gasteiger partial charge is 0.251 e. The molecule has 23 heavy (non-hydrogen) atoms. The molecule has 122 valence electrons. The SMILES string of the molecule is CC(C)(C)c1csc(NC(=O)CNC(=O)c2cccc(F)c2)n1. The average Bonchev–Trinajstić information content (AvgIpc) is 2.93. The molecule has 0 unspecified atom stereocenters. The summed E-state index contributed by atoms with van der Waals surface area (Å²) in [7, 11) is 0. The third kappa shape index (κ3) is 4.85. The summed E-state index contributed by atoms with van der Waals surface area (Å²) in [5.41, 5.74) is 0.967. The summed E-state index contributed by atoms with van der Waals surface area (Å²) in [5, 5.41) is 7.45. The molecule has 2 amide bonds. The highest BCUT2D eigenvalue weighted by Crippen LogP contribution is 2.26. The summed E-state index contributed by atoms with van der Waals surface area (Å²) in [5.74, 6) is -1.39. The van der Waals surface area contributed by atoms with Crippen molar-refractivity contribution in [3.8, 4) is 0 Å². The lowest BCUT2D eigenvalue weighted by Gasteiger charge is -2.14. The molecule has 2 rings (SSSR count). The molecule has 0 spiro atoms. The first-order valence-electron chi connectivity index (χ1n) is 7.05. The molecule has 2 N–H and O–H groups in total. The zero-order valence-corrected chi connectivity index (χ0v) is 14.0. The maximum absolute atomic E-state index is 13.0. The zero-order valence-electron chi connectivity index (χ0n) is 13.1. The largest absolute Gasteiger partial charge is 0.343 e. The van der Waals surface area contributed by atoms with Gasteiger partial charge in [-0.2, -0.15) is 0 Å². The van der Waals surface area contributed by atoms with Crippen LogP contribution in [0.4, 0.5) is 9.52 Å². The number of carbonyl (C=O) groups is 2. The van der Waals surface area contributed by atoms with Gasteiger partial charge >= 0.3 is 0 Å². The topological polar surface area (TPSA) is 71.1 Å². The van der Waals surface area contributed by atoms with E-state index in [0.717, 1.165) is 11.8 Å². The normalized spacial score (nSPS) is 11.1. The van der Waals surface area contributed by atoms with Crippen LogP contribution in [0.15, 0.2) is 29.6 Å². The molecule has 1 aromatic heterocycles. The van der Waals surface area contributed by atoms with Crippen molar-refractivity contribution in [3.05, 3.63) is 46.7 Å².